The summed E-state index contributed by atoms with van der Waals surface area (Å²) in [5, 5.41) is 3.05. The van der Waals surface area contributed by atoms with Crippen molar-refractivity contribution in [3.8, 4) is 5.75 Å². The van der Waals surface area contributed by atoms with Crippen molar-refractivity contribution in [3.63, 3.8) is 0 Å². The van der Waals surface area contributed by atoms with Crippen LogP contribution < -0.4 is 10.1 Å². The summed E-state index contributed by atoms with van der Waals surface area (Å²) in [6.45, 7) is 5.14. The number of para-hydroxylation sites is 1. The highest BCUT2D eigenvalue weighted by atomic mass is 16.5. The number of furan rings is 1. The van der Waals surface area contributed by atoms with Crippen LogP contribution in [0.5, 0.6) is 5.75 Å². The van der Waals surface area contributed by atoms with Gasteiger partial charge in [-0.15, -0.1) is 0 Å². The summed E-state index contributed by atoms with van der Waals surface area (Å²) < 4.78 is 10.9. The summed E-state index contributed by atoms with van der Waals surface area (Å²) in [5.41, 5.74) is 3.47. The molecule has 0 atom stereocenters. The molecular weight excluding hydrogens is 390 g/mol. The van der Waals surface area contributed by atoms with Gasteiger partial charge in [-0.2, -0.15) is 0 Å². The molecule has 3 heterocycles. The van der Waals surface area contributed by atoms with Gasteiger partial charge in [-0.25, -0.2) is 0 Å². The van der Waals surface area contributed by atoms with Crippen LogP contribution in [0.4, 0.5) is 0 Å². The van der Waals surface area contributed by atoms with Gasteiger partial charge in [0.2, 0.25) is 0 Å². The van der Waals surface area contributed by atoms with Gasteiger partial charge in [0.15, 0.2) is 0 Å². The molecule has 1 N–H and O–H groups in total. The molecule has 6 heteroatoms. The third-order valence-corrected chi connectivity index (χ3v) is 5.87. The molecule has 31 heavy (non-hydrogen) atoms. The fourth-order valence-corrected chi connectivity index (χ4v) is 4.19. The molecule has 1 amide bonds. The van der Waals surface area contributed by atoms with Gasteiger partial charge in [0.05, 0.1) is 31.2 Å². The molecule has 0 spiro atoms. The zero-order chi connectivity index (χ0) is 21.6. The molecule has 3 aromatic rings. The number of hydrogen-bond acceptors (Lipinski definition) is 5. The van der Waals surface area contributed by atoms with Crippen molar-refractivity contribution < 1.29 is 13.9 Å². The summed E-state index contributed by atoms with van der Waals surface area (Å²) in [5.74, 6) is 1.95. The lowest BCUT2D eigenvalue weighted by Crippen LogP contribution is -2.33. The summed E-state index contributed by atoms with van der Waals surface area (Å²) in [6.07, 6.45) is 3.67. The van der Waals surface area contributed by atoms with E-state index in [2.05, 4.69) is 10.2 Å². The number of rotatable bonds is 7. The smallest absolute Gasteiger partial charge is 0.253 e. The van der Waals surface area contributed by atoms with E-state index in [-0.39, 0.29) is 11.8 Å². The Labute approximate surface area is 183 Å². The first kappa shape index (κ1) is 21.1. The van der Waals surface area contributed by atoms with Crippen LogP contribution >= 0.6 is 0 Å². The molecule has 0 aliphatic carbocycles. The number of hydrogen-bond donors (Lipinski definition) is 1. The van der Waals surface area contributed by atoms with E-state index in [1.807, 2.05) is 55.5 Å². The maximum atomic E-state index is 13.1. The van der Waals surface area contributed by atoms with Crippen molar-refractivity contribution >= 4 is 5.91 Å². The summed E-state index contributed by atoms with van der Waals surface area (Å²) in [4.78, 5) is 20.2. The molecule has 1 aliphatic heterocycles. The number of piperidine rings is 1. The van der Waals surface area contributed by atoms with Gasteiger partial charge >= 0.3 is 0 Å². The molecule has 0 radical (unpaired) electrons. The van der Waals surface area contributed by atoms with Crippen LogP contribution in [-0.2, 0) is 13.1 Å². The quantitative estimate of drug-likeness (QED) is 0.618. The van der Waals surface area contributed by atoms with Gasteiger partial charge in [0, 0.05) is 23.7 Å². The van der Waals surface area contributed by atoms with Crippen molar-refractivity contribution in [1.82, 2.24) is 15.2 Å². The first-order valence-electron chi connectivity index (χ1n) is 10.8. The van der Waals surface area contributed by atoms with E-state index >= 15 is 0 Å². The molecule has 0 saturated carbocycles. The molecule has 162 valence electrons. The number of carbonyl (C=O) groups excluding carboxylic acids is 1. The van der Waals surface area contributed by atoms with Crippen molar-refractivity contribution in [1.29, 1.82) is 0 Å². The highest BCUT2D eigenvalue weighted by molar-refractivity contribution is 5.95. The molecule has 2 aromatic heterocycles. The maximum absolute atomic E-state index is 13.1. The minimum Gasteiger partial charge on any atom is -0.496 e. The normalized spacial score (nSPS) is 15.0. The molecule has 1 aromatic carbocycles. The number of likely N-dealkylation sites (tertiary alicyclic amines) is 1. The van der Waals surface area contributed by atoms with Crippen LogP contribution in [0.3, 0.4) is 0 Å². The van der Waals surface area contributed by atoms with Gasteiger partial charge < -0.3 is 14.5 Å². The molecule has 1 saturated heterocycles. The highest BCUT2D eigenvalue weighted by Gasteiger charge is 2.26. The van der Waals surface area contributed by atoms with Gasteiger partial charge in [-0.1, -0.05) is 18.2 Å². The topological polar surface area (TPSA) is 67.6 Å². The Kier molecular flexibility index (Phi) is 6.67. The van der Waals surface area contributed by atoms with Gasteiger partial charge in [0.1, 0.15) is 11.5 Å². The molecule has 4 rings (SSSR count). The van der Waals surface area contributed by atoms with Crippen LogP contribution in [0.2, 0.25) is 0 Å². The number of aromatic nitrogens is 1. The van der Waals surface area contributed by atoms with Crippen LogP contribution in [-0.4, -0.2) is 36.0 Å². The van der Waals surface area contributed by atoms with E-state index in [4.69, 9.17) is 14.1 Å². The van der Waals surface area contributed by atoms with E-state index in [1.54, 1.807) is 13.4 Å². The number of methoxy groups -OCH3 is 1. The summed E-state index contributed by atoms with van der Waals surface area (Å²) in [7, 11) is 1.64. The molecule has 6 nitrogen and oxygen atoms in total. The first-order valence-corrected chi connectivity index (χ1v) is 10.8. The van der Waals surface area contributed by atoms with Crippen LogP contribution in [0.25, 0.3) is 0 Å². The number of nitrogens with zero attached hydrogens (tertiary/aromatic N) is 2. The molecule has 0 unspecified atom stereocenters. The fourth-order valence-electron chi connectivity index (χ4n) is 4.19. The Hall–Kier alpha value is -3.12. The number of benzene rings is 1. The van der Waals surface area contributed by atoms with Gasteiger partial charge in [-0.05, 0) is 63.2 Å². The predicted molar refractivity (Wildman–Crippen MR) is 119 cm³/mol. The first-order chi connectivity index (χ1) is 15.1. The Morgan fingerprint density at radius 3 is 2.71 bits per heavy atom. The third-order valence-electron chi connectivity index (χ3n) is 5.87. The number of nitrogens with one attached hydrogen (secondary N) is 1. The lowest BCUT2D eigenvalue weighted by atomic mass is 9.89. The Bertz CT molecular complexity index is 1010. The average molecular weight is 420 g/mol. The molecular formula is C25H29N3O3. The maximum Gasteiger partial charge on any atom is 0.253 e. The second-order valence-corrected chi connectivity index (χ2v) is 8.01. The minimum atomic E-state index is -0.0913. The van der Waals surface area contributed by atoms with Gasteiger partial charge in [-0.3, -0.25) is 14.7 Å². The van der Waals surface area contributed by atoms with Crippen LogP contribution in [0.15, 0.2) is 59.2 Å². The number of amides is 1. The van der Waals surface area contributed by atoms with E-state index in [0.717, 1.165) is 60.9 Å². The van der Waals surface area contributed by atoms with Crippen LogP contribution in [0, 0.1) is 6.92 Å². The van der Waals surface area contributed by atoms with E-state index in [0.29, 0.717) is 12.1 Å². The van der Waals surface area contributed by atoms with Gasteiger partial charge in [0.25, 0.3) is 5.91 Å². The number of ether oxygens (including phenoxy) is 1. The SMILES string of the molecule is COc1ccccc1CNC(=O)c1ccc(C)nc1C1CCN(Cc2ccco2)CC1. The lowest BCUT2D eigenvalue weighted by molar-refractivity contribution is 0.0947. The second-order valence-electron chi connectivity index (χ2n) is 8.01. The fraction of sp³-hybridized carbons (Fsp3) is 0.360. The van der Waals surface area contributed by atoms with Crippen molar-refractivity contribution in [2.45, 2.75) is 38.8 Å². The zero-order valence-electron chi connectivity index (χ0n) is 18.1. The number of pyridine rings is 1. The third kappa shape index (κ3) is 5.14. The summed E-state index contributed by atoms with van der Waals surface area (Å²) in [6, 6.07) is 15.5. The largest absolute Gasteiger partial charge is 0.496 e. The number of aryl methyl sites for hydroxylation is 1. The van der Waals surface area contributed by atoms with Crippen molar-refractivity contribution in [2.75, 3.05) is 20.2 Å². The van der Waals surface area contributed by atoms with E-state index in [9.17, 15) is 4.79 Å². The predicted octanol–water partition coefficient (Wildman–Crippen LogP) is 4.30. The second kappa shape index (κ2) is 9.79. The standard InChI is InChI=1S/C25H29N3O3/c1-18-9-10-22(25(29)26-16-20-6-3-4-8-23(20)30-2)24(27-18)19-11-13-28(14-12-19)17-21-7-5-15-31-21/h3-10,15,19H,11-14,16-17H2,1-2H3,(H,26,29). The Balaban J connectivity index is 1.43. The van der Waals surface area contributed by atoms with Crippen molar-refractivity contribution in [3.05, 3.63) is 83.1 Å². The molecule has 1 aliphatic rings. The Morgan fingerprint density at radius 2 is 1.97 bits per heavy atom. The monoisotopic (exact) mass is 419 g/mol. The summed E-state index contributed by atoms with van der Waals surface area (Å²) >= 11 is 0. The minimum absolute atomic E-state index is 0.0913. The molecule has 1 fully saturated rings. The zero-order valence-corrected chi connectivity index (χ0v) is 18.1. The highest BCUT2D eigenvalue weighted by Crippen LogP contribution is 2.30. The lowest BCUT2D eigenvalue weighted by Gasteiger charge is -2.31. The average Bonchev–Trinajstić information content (AvgIpc) is 3.31. The molecule has 0 bridgehead atoms. The van der Waals surface area contributed by atoms with E-state index < -0.39 is 0 Å². The Morgan fingerprint density at radius 1 is 1.16 bits per heavy atom. The van der Waals surface area contributed by atoms with Crippen LogP contribution in [0.1, 0.15) is 51.8 Å². The van der Waals surface area contributed by atoms with Crippen molar-refractivity contribution in [2.24, 2.45) is 0 Å². The van der Waals surface area contributed by atoms with E-state index in [1.165, 1.54) is 0 Å². The number of carbonyl (C=O) groups is 1.